The monoisotopic (exact) mass is 309 g/mol. The number of rotatable bonds is 3. The SMILES string of the molecule is Cc1cccc(C)c1NC(=O)c1csc(-c2ccccn2)n1. The van der Waals surface area contributed by atoms with Crippen LogP contribution < -0.4 is 5.32 Å². The summed E-state index contributed by atoms with van der Waals surface area (Å²) in [4.78, 5) is 21.0. The van der Waals surface area contributed by atoms with Gasteiger partial charge in [-0.15, -0.1) is 11.3 Å². The van der Waals surface area contributed by atoms with Crippen molar-refractivity contribution in [2.75, 3.05) is 5.32 Å². The zero-order chi connectivity index (χ0) is 15.5. The second kappa shape index (κ2) is 6.07. The minimum absolute atomic E-state index is 0.198. The van der Waals surface area contributed by atoms with Gasteiger partial charge in [-0.05, 0) is 37.1 Å². The van der Waals surface area contributed by atoms with E-state index in [1.807, 2.05) is 50.2 Å². The Hall–Kier alpha value is -2.53. The first-order chi connectivity index (χ1) is 10.6. The number of thiazole rings is 1. The second-order valence-electron chi connectivity index (χ2n) is 4.97. The number of carbonyl (C=O) groups is 1. The van der Waals surface area contributed by atoms with Gasteiger partial charge in [0.25, 0.3) is 5.91 Å². The van der Waals surface area contributed by atoms with Gasteiger partial charge in [-0.2, -0.15) is 0 Å². The zero-order valence-corrected chi connectivity index (χ0v) is 13.1. The lowest BCUT2D eigenvalue weighted by atomic mass is 10.1. The largest absolute Gasteiger partial charge is 0.320 e. The van der Waals surface area contributed by atoms with E-state index in [1.165, 1.54) is 11.3 Å². The Balaban J connectivity index is 1.83. The van der Waals surface area contributed by atoms with Gasteiger partial charge in [-0.3, -0.25) is 9.78 Å². The van der Waals surface area contributed by atoms with Gasteiger partial charge in [0.1, 0.15) is 10.7 Å². The minimum atomic E-state index is -0.198. The number of aromatic nitrogens is 2. The third kappa shape index (κ3) is 2.89. The molecule has 0 saturated carbocycles. The molecule has 3 rings (SSSR count). The summed E-state index contributed by atoms with van der Waals surface area (Å²) >= 11 is 1.42. The van der Waals surface area contributed by atoms with Crippen LogP contribution in [0.15, 0.2) is 48.0 Å². The number of hydrogen-bond donors (Lipinski definition) is 1. The van der Waals surface area contributed by atoms with Crippen LogP contribution in [-0.4, -0.2) is 15.9 Å². The van der Waals surface area contributed by atoms with E-state index in [4.69, 9.17) is 0 Å². The molecule has 0 fully saturated rings. The molecule has 2 heterocycles. The highest BCUT2D eigenvalue weighted by molar-refractivity contribution is 7.13. The number of pyridine rings is 1. The van der Waals surface area contributed by atoms with Crippen molar-refractivity contribution in [2.45, 2.75) is 13.8 Å². The summed E-state index contributed by atoms with van der Waals surface area (Å²) in [6.07, 6.45) is 1.72. The van der Waals surface area contributed by atoms with E-state index in [-0.39, 0.29) is 5.91 Å². The Morgan fingerprint density at radius 2 is 1.86 bits per heavy atom. The molecule has 0 aliphatic carbocycles. The van der Waals surface area contributed by atoms with E-state index < -0.39 is 0 Å². The lowest BCUT2D eigenvalue weighted by Crippen LogP contribution is -2.14. The number of aryl methyl sites for hydroxylation is 2. The molecule has 0 aliphatic rings. The Kier molecular flexibility index (Phi) is 3.98. The molecule has 0 spiro atoms. The lowest BCUT2D eigenvalue weighted by Gasteiger charge is -2.10. The quantitative estimate of drug-likeness (QED) is 0.793. The molecule has 3 aromatic rings. The summed E-state index contributed by atoms with van der Waals surface area (Å²) in [5, 5.41) is 5.44. The van der Waals surface area contributed by atoms with E-state index in [9.17, 15) is 4.79 Å². The Labute approximate surface area is 132 Å². The molecule has 1 aromatic carbocycles. The molecule has 0 atom stereocenters. The maximum atomic E-state index is 12.4. The predicted octanol–water partition coefficient (Wildman–Crippen LogP) is 4.07. The van der Waals surface area contributed by atoms with Crippen LogP contribution in [0.5, 0.6) is 0 Å². The van der Waals surface area contributed by atoms with Gasteiger partial charge >= 0.3 is 0 Å². The van der Waals surface area contributed by atoms with Crippen LogP contribution in [0.4, 0.5) is 5.69 Å². The number of nitrogens with one attached hydrogen (secondary N) is 1. The number of anilines is 1. The molecule has 4 nitrogen and oxygen atoms in total. The fraction of sp³-hybridized carbons (Fsp3) is 0.118. The van der Waals surface area contributed by atoms with Gasteiger partial charge in [0, 0.05) is 17.3 Å². The minimum Gasteiger partial charge on any atom is -0.320 e. The molecular weight excluding hydrogens is 294 g/mol. The Bertz CT molecular complexity index is 792. The Morgan fingerprint density at radius 3 is 2.55 bits per heavy atom. The number of para-hydroxylation sites is 1. The smallest absolute Gasteiger partial charge is 0.275 e. The maximum Gasteiger partial charge on any atom is 0.275 e. The van der Waals surface area contributed by atoms with Crippen molar-refractivity contribution in [1.29, 1.82) is 0 Å². The number of benzene rings is 1. The maximum absolute atomic E-state index is 12.4. The molecule has 0 bridgehead atoms. The third-order valence-electron chi connectivity index (χ3n) is 3.34. The molecule has 0 radical (unpaired) electrons. The van der Waals surface area contributed by atoms with Gasteiger partial charge in [-0.1, -0.05) is 24.3 Å². The molecular formula is C17H15N3OS. The first-order valence-corrected chi connectivity index (χ1v) is 7.77. The molecule has 0 unspecified atom stereocenters. The van der Waals surface area contributed by atoms with Crippen LogP contribution >= 0.6 is 11.3 Å². The molecule has 5 heteroatoms. The molecule has 1 amide bonds. The van der Waals surface area contributed by atoms with Crippen molar-refractivity contribution in [3.8, 4) is 10.7 Å². The Morgan fingerprint density at radius 1 is 1.09 bits per heavy atom. The molecule has 110 valence electrons. The fourth-order valence-electron chi connectivity index (χ4n) is 2.17. The first kappa shape index (κ1) is 14.4. The number of amides is 1. The number of hydrogen-bond acceptors (Lipinski definition) is 4. The highest BCUT2D eigenvalue weighted by Gasteiger charge is 2.14. The topological polar surface area (TPSA) is 54.9 Å². The standard InChI is InChI=1S/C17H15N3OS/c1-11-6-5-7-12(2)15(11)20-16(21)14-10-22-17(19-14)13-8-3-4-9-18-13/h3-10H,1-2H3,(H,20,21). The van der Waals surface area contributed by atoms with Crippen molar-refractivity contribution in [2.24, 2.45) is 0 Å². The summed E-state index contributed by atoms with van der Waals surface area (Å²) < 4.78 is 0. The van der Waals surface area contributed by atoms with Crippen LogP contribution in [0.2, 0.25) is 0 Å². The molecule has 0 saturated heterocycles. The van der Waals surface area contributed by atoms with E-state index >= 15 is 0 Å². The molecule has 2 aromatic heterocycles. The van der Waals surface area contributed by atoms with Crippen molar-refractivity contribution in [3.05, 3.63) is 64.8 Å². The van der Waals surface area contributed by atoms with E-state index in [2.05, 4.69) is 15.3 Å². The van der Waals surface area contributed by atoms with E-state index in [0.29, 0.717) is 5.69 Å². The van der Waals surface area contributed by atoms with Crippen LogP contribution in [-0.2, 0) is 0 Å². The van der Waals surface area contributed by atoms with Gasteiger partial charge in [0.15, 0.2) is 0 Å². The van der Waals surface area contributed by atoms with Crippen molar-refractivity contribution in [3.63, 3.8) is 0 Å². The van der Waals surface area contributed by atoms with Gasteiger partial charge in [0.05, 0.1) is 5.69 Å². The summed E-state index contributed by atoms with van der Waals surface area (Å²) in [6, 6.07) is 11.6. The lowest BCUT2D eigenvalue weighted by molar-refractivity contribution is 0.102. The van der Waals surface area contributed by atoms with Gasteiger partial charge < -0.3 is 5.32 Å². The van der Waals surface area contributed by atoms with Crippen LogP contribution in [0.3, 0.4) is 0 Å². The highest BCUT2D eigenvalue weighted by atomic mass is 32.1. The molecule has 22 heavy (non-hydrogen) atoms. The fourth-order valence-corrected chi connectivity index (χ4v) is 2.95. The zero-order valence-electron chi connectivity index (χ0n) is 12.3. The van der Waals surface area contributed by atoms with Crippen LogP contribution in [0, 0.1) is 13.8 Å². The third-order valence-corrected chi connectivity index (χ3v) is 4.21. The normalized spacial score (nSPS) is 10.5. The average Bonchev–Trinajstić information content (AvgIpc) is 3.02. The predicted molar refractivity (Wildman–Crippen MR) is 89.2 cm³/mol. The van der Waals surface area contributed by atoms with Crippen LogP contribution in [0.25, 0.3) is 10.7 Å². The summed E-state index contributed by atoms with van der Waals surface area (Å²) in [6.45, 7) is 3.95. The summed E-state index contributed by atoms with van der Waals surface area (Å²) in [5.74, 6) is -0.198. The summed E-state index contributed by atoms with van der Waals surface area (Å²) in [7, 11) is 0. The van der Waals surface area contributed by atoms with Crippen LogP contribution in [0.1, 0.15) is 21.6 Å². The first-order valence-electron chi connectivity index (χ1n) is 6.89. The van der Waals surface area contributed by atoms with Gasteiger partial charge in [-0.25, -0.2) is 4.98 Å². The van der Waals surface area contributed by atoms with Crippen molar-refractivity contribution >= 4 is 22.9 Å². The van der Waals surface area contributed by atoms with Crippen molar-refractivity contribution < 1.29 is 4.79 Å². The van der Waals surface area contributed by atoms with E-state index in [0.717, 1.165) is 27.5 Å². The van der Waals surface area contributed by atoms with E-state index in [1.54, 1.807) is 11.6 Å². The number of nitrogens with zero attached hydrogens (tertiary/aromatic N) is 2. The van der Waals surface area contributed by atoms with Gasteiger partial charge in [0.2, 0.25) is 0 Å². The summed E-state index contributed by atoms with van der Waals surface area (Å²) in [5.41, 5.74) is 4.11. The number of carbonyl (C=O) groups excluding carboxylic acids is 1. The average molecular weight is 309 g/mol. The molecule has 1 N–H and O–H groups in total. The second-order valence-corrected chi connectivity index (χ2v) is 5.83. The molecule has 0 aliphatic heterocycles. The highest BCUT2D eigenvalue weighted by Crippen LogP contribution is 2.23. The van der Waals surface area contributed by atoms with Crippen molar-refractivity contribution in [1.82, 2.24) is 9.97 Å².